The molecule has 1 aromatic heterocycles. The Morgan fingerprint density at radius 3 is 2.65 bits per heavy atom. The zero-order valence-corrected chi connectivity index (χ0v) is 9.84. The summed E-state index contributed by atoms with van der Waals surface area (Å²) in [5.74, 6) is -0.996. The van der Waals surface area contributed by atoms with Gasteiger partial charge in [0.2, 0.25) is 0 Å². The van der Waals surface area contributed by atoms with E-state index in [0.717, 1.165) is 5.56 Å². The van der Waals surface area contributed by atoms with Gasteiger partial charge in [0.05, 0.1) is 6.54 Å². The highest BCUT2D eigenvalue weighted by molar-refractivity contribution is 5.85. The highest BCUT2D eigenvalue weighted by Crippen LogP contribution is 2.11. The first kappa shape index (κ1) is 11.4. The van der Waals surface area contributed by atoms with E-state index < -0.39 is 5.97 Å². The van der Waals surface area contributed by atoms with Crippen molar-refractivity contribution < 1.29 is 9.90 Å². The summed E-state index contributed by atoms with van der Waals surface area (Å²) < 4.78 is 1.63. The van der Waals surface area contributed by atoms with Crippen molar-refractivity contribution in [3.63, 3.8) is 0 Å². The van der Waals surface area contributed by atoms with Crippen LogP contribution in [0.4, 0.5) is 0 Å². The summed E-state index contributed by atoms with van der Waals surface area (Å²) in [5, 5.41) is 12.7. The lowest BCUT2D eigenvalue weighted by Crippen LogP contribution is -2.04. The lowest BCUT2D eigenvalue weighted by molar-refractivity contribution is 0.0689. The van der Waals surface area contributed by atoms with Crippen molar-refractivity contribution in [2.45, 2.75) is 20.4 Å². The average molecular weight is 230 g/mol. The zero-order valence-electron chi connectivity index (χ0n) is 9.84. The van der Waals surface area contributed by atoms with E-state index in [1.165, 1.54) is 17.2 Å². The Bertz CT molecular complexity index is 558. The summed E-state index contributed by atoms with van der Waals surface area (Å²) in [6.07, 6.45) is 1.68. The van der Waals surface area contributed by atoms with E-state index in [9.17, 15) is 4.79 Å². The van der Waals surface area contributed by atoms with Crippen LogP contribution in [0.3, 0.4) is 0 Å². The highest BCUT2D eigenvalue weighted by Gasteiger charge is 2.06. The topological polar surface area (TPSA) is 55.1 Å². The quantitative estimate of drug-likeness (QED) is 0.879. The second-order valence-electron chi connectivity index (χ2n) is 4.12. The van der Waals surface area contributed by atoms with E-state index in [4.69, 9.17) is 5.11 Å². The number of hydrogen-bond acceptors (Lipinski definition) is 2. The van der Waals surface area contributed by atoms with Crippen molar-refractivity contribution in [1.29, 1.82) is 0 Å². The third-order valence-electron chi connectivity index (χ3n) is 2.78. The molecule has 0 saturated carbocycles. The molecule has 17 heavy (non-hydrogen) atoms. The number of carboxylic acid groups (broad SMARTS) is 1. The highest BCUT2D eigenvalue weighted by atomic mass is 16.4. The predicted molar refractivity (Wildman–Crippen MR) is 64.2 cm³/mol. The summed E-state index contributed by atoms with van der Waals surface area (Å²) >= 11 is 0. The van der Waals surface area contributed by atoms with Crippen molar-refractivity contribution in [2.24, 2.45) is 0 Å². The van der Waals surface area contributed by atoms with E-state index in [1.54, 1.807) is 10.9 Å². The Morgan fingerprint density at radius 1 is 1.29 bits per heavy atom. The minimum absolute atomic E-state index is 0.0776. The van der Waals surface area contributed by atoms with Crippen molar-refractivity contribution >= 4 is 5.97 Å². The molecule has 0 fully saturated rings. The number of carbonyl (C=O) groups is 1. The molecule has 0 saturated heterocycles. The number of aromatic carboxylic acids is 1. The van der Waals surface area contributed by atoms with Crippen LogP contribution in [0.5, 0.6) is 0 Å². The number of hydrogen-bond donors (Lipinski definition) is 1. The average Bonchev–Trinajstić information content (AvgIpc) is 2.72. The van der Waals surface area contributed by atoms with Gasteiger partial charge < -0.3 is 5.11 Å². The molecule has 0 bridgehead atoms. The van der Waals surface area contributed by atoms with Crippen LogP contribution in [0.2, 0.25) is 0 Å². The van der Waals surface area contributed by atoms with E-state index in [0.29, 0.717) is 6.54 Å². The smallest absolute Gasteiger partial charge is 0.356 e. The van der Waals surface area contributed by atoms with Crippen LogP contribution in [0, 0.1) is 13.8 Å². The number of carboxylic acids is 1. The van der Waals surface area contributed by atoms with Crippen molar-refractivity contribution in [3.8, 4) is 0 Å². The van der Waals surface area contributed by atoms with Gasteiger partial charge in [-0.25, -0.2) is 4.79 Å². The number of aromatic nitrogens is 2. The predicted octanol–water partition coefficient (Wildman–Crippen LogP) is 2.25. The first-order valence-corrected chi connectivity index (χ1v) is 5.39. The van der Waals surface area contributed by atoms with Gasteiger partial charge in [0.25, 0.3) is 0 Å². The minimum atomic E-state index is -0.996. The minimum Gasteiger partial charge on any atom is -0.476 e. The van der Waals surface area contributed by atoms with E-state index in [2.05, 4.69) is 31.1 Å². The molecule has 4 heteroatoms. The maximum Gasteiger partial charge on any atom is 0.356 e. The van der Waals surface area contributed by atoms with Gasteiger partial charge >= 0.3 is 5.97 Å². The largest absolute Gasteiger partial charge is 0.476 e. The normalized spacial score (nSPS) is 10.5. The number of aryl methyl sites for hydroxylation is 2. The Hall–Kier alpha value is -2.10. The molecule has 1 heterocycles. The Morgan fingerprint density at radius 2 is 2.06 bits per heavy atom. The molecule has 0 radical (unpaired) electrons. The van der Waals surface area contributed by atoms with Crippen LogP contribution in [0.1, 0.15) is 27.2 Å². The molecule has 0 aliphatic rings. The lowest BCUT2D eigenvalue weighted by Gasteiger charge is -2.05. The SMILES string of the molecule is Cc1ccc(Cn2ccc(C(=O)O)n2)cc1C. The fraction of sp³-hybridized carbons (Fsp3) is 0.231. The summed E-state index contributed by atoms with van der Waals surface area (Å²) in [5.41, 5.74) is 3.68. The molecule has 1 N–H and O–H groups in total. The van der Waals surface area contributed by atoms with Gasteiger partial charge in [-0.2, -0.15) is 5.10 Å². The van der Waals surface area contributed by atoms with Crippen molar-refractivity contribution in [3.05, 3.63) is 52.8 Å². The summed E-state index contributed by atoms with van der Waals surface area (Å²) in [4.78, 5) is 10.7. The molecule has 0 aliphatic carbocycles. The molecule has 4 nitrogen and oxygen atoms in total. The Balaban J connectivity index is 2.19. The number of benzene rings is 1. The Labute approximate surface area is 99.5 Å². The van der Waals surface area contributed by atoms with Gasteiger partial charge in [-0.05, 0) is 36.6 Å². The van der Waals surface area contributed by atoms with E-state index in [1.807, 2.05) is 6.07 Å². The van der Waals surface area contributed by atoms with E-state index in [-0.39, 0.29) is 5.69 Å². The van der Waals surface area contributed by atoms with Crippen LogP contribution < -0.4 is 0 Å². The van der Waals surface area contributed by atoms with E-state index >= 15 is 0 Å². The molecule has 2 aromatic rings. The second-order valence-corrected chi connectivity index (χ2v) is 4.12. The van der Waals surface area contributed by atoms with Crippen LogP contribution >= 0.6 is 0 Å². The molecule has 0 spiro atoms. The first-order chi connectivity index (χ1) is 8.06. The number of nitrogens with zero attached hydrogens (tertiary/aromatic N) is 2. The first-order valence-electron chi connectivity index (χ1n) is 5.39. The molecule has 88 valence electrons. The summed E-state index contributed by atoms with van der Waals surface area (Å²) in [6, 6.07) is 7.69. The monoisotopic (exact) mass is 230 g/mol. The lowest BCUT2D eigenvalue weighted by atomic mass is 10.1. The van der Waals surface area contributed by atoms with Crippen LogP contribution in [0.25, 0.3) is 0 Å². The summed E-state index contributed by atoms with van der Waals surface area (Å²) in [7, 11) is 0. The summed E-state index contributed by atoms with van der Waals surface area (Å²) in [6.45, 7) is 4.72. The molecular formula is C13H14N2O2. The maximum absolute atomic E-state index is 10.7. The second kappa shape index (κ2) is 4.41. The van der Waals surface area contributed by atoms with Gasteiger partial charge in [-0.1, -0.05) is 18.2 Å². The van der Waals surface area contributed by atoms with Crippen LogP contribution in [-0.4, -0.2) is 20.9 Å². The Kier molecular flexibility index (Phi) is 2.95. The molecule has 2 rings (SSSR count). The van der Waals surface area contributed by atoms with Gasteiger partial charge in [0, 0.05) is 6.20 Å². The number of rotatable bonds is 3. The van der Waals surface area contributed by atoms with Gasteiger partial charge in [-0.15, -0.1) is 0 Å². The molecular weight excluding hydrogens is 216 g/mol. The van der Waals surface area contributed by atoms with Crippen LogP contribution in [-0.2, 0) is 6.54 Å². The maximum atomic E-state index is 10.7. The third kappa shape index (κ3) is 2.53. The van der Waals surface area contributed by atoms with Gasteiger partial charge in [0.15, 0.2) is 5.69 Å². The fourth-order valence-electron chi connectivity index (χ4n) is 1.65. The fourth-order valence-corrected chi connectivity index (χ4v) is 1.65. The molecule has 0 atom stereocenters. The molecule has 0 unspecified atom stereocenters. The standard InChI is InChI=1S/C13H14N2O2/c1-9-3-4-11(7-10(9)2)8-15-6-5-12(14-15)13(16)17/h3-7H,8H2,1-2H3,(H,16,17). The molecule has 1 aromatic carbocycles. The van der Waals surface area contributed by atoms with Gasteiger partial charge in [0.1, 0.15) is 0 Å². The zero-order chi connectivity index (χ0) is 12.4. The van der Waals surface area contributed by atoms with Crippen LogP contribution in [0.15, 0.2) is 30.5 Å². The third-order valence-corrected chi connectivity index (χ3v) is 2.78. The molecule has 0 amide bonds. The van der Waals surface area contributed by atoms with Crippen molar-refractivity contribution in [2.75, 3.05) is 0 Å². The van der Waals surface area contributed by atoms with Gasteiger partial charge in [-0.3, -0.25) is 4.68 Å². The van der Waals surface area contributed by atoms with Crippen molar-refractivity contribution in [1.82, 2.24) is 9.78 Å². The molecule has 0 aliphatic heterocycles.